The number of aryl methyl sites for hydroxylation is 1. The average molecular weight is 396 g/mol. The van der Waals surface area contributed by atoms with Crippen LogP contribution in [0.25, 0.3) is 0 Å². The Morgan fingerprint density at radius 1 is 1.18 bits per heavy atom. The van der Waals surface area contributed by atoms with Crippen molar-refractivity contribution in [2.45, 2.75) is 57.6 Å². The van der Waals surface area contributed by atoms with Crippen molar-refractivity contribution in [1.82, 2.24) is 9.55 Å². The van der Waals surface area contributed by atoms with E-state index in [1.165, 1.54) is 31.4 Å². The van der Waals surface area contributed by atoms with Crippen molar-refractivity contribution in [3.63, 3.8) is 0 Å². The van der Waals surface area contributed by atoms with Crippen LogP contribution in [0.2, 0.25) is 0 Å². The summed E-state index contributed by atoms with van der Waals surface area (Å²) in [7, 11) is 0. The first-order chi connectivity index (χ1) is 13.1. The van der Waals surface area contributed by atoms with Gasteiger partial charge in [0.2, 0.25) is 0 Å². The van der Waals surface area contributed by atoms with Crippen molar-refractivity contribution >= 4 is 17.9 Å². The molecule has 1 spiro atoms. The summed E-state index contributed by atoms with van der Waals surface area (Å²) in [4.78, 5) is 60.9. The van der Waals surface area contributed by atoms with Crippen molar-refractivity contribution in [3.8, 4) is 0 Å². The summed E-state index contributed by atoms with van der Waals surface area (Å²) in [5.41, 5.74) is -2.43. The van der Waals surface area contributed by atoms with Gasteiger partial charge in [-0.25, -0.2) is 4.79 Å². The van der Waals surface area contributed by atoms with E-state index in [-0.39, 0.29) is 13.0 Å². The van der Waals surface area contributed by atoms with Gasteiger partial charge in [-0.3, -0.25) is 28.7 Å². The highest BCUT2D eigenvalue weighted by Gasteiger charge is 2.63. The van der Waals surface area contributed by atoms with Gasteiger partial charge in [-0.15, -0.1) is 0 Å². The van der Waals surface area contributed by atoms with Crippen LogP contribution in [0, 0.1) is 0 Å². The summed E-state index contributed by atoms with van der Waals surface area (Å²) < 4.78 is 23.0. The molecule has 1 N–H and O–H groups in total. The maximum absolute atomic E-state index is 12.5. The van der Waals surface area contributed by atoms with Gasteiger partial charge in [0.05, 0.1) is 0 Å². The quantitative estimate of drug-likeness (QED) is 0.498. The van der Waals surface area contributed by atoms with Gasteiger partial charge in [-0.1, -0.05) is 0 Å². The van der Waals surface area contributed by atoms with Gasteiger partial charge in [-0.05, 0) is 6.42 Å². The molecule has 0 radical (unpaired) electrons. The maximum Gasteiger partial charge on any atom is 0.331 e. The third-order valence-electron chi connectivity index (χ3n) is 4.65. The molecule has 152 valence electrons. The molecule has 0 unspecified atom stereocenters. The van der Waals surface area contributed by atoms with E-state index >= 15 is 0 Å². The Balaban J connectivity index is 2.11. The van der Waals surface area contributed by atoms with Crippen LogP contribution in [-0.4, -0.2) is 52.4 Å². The molecule has 0 bridgehead atoms. The largest absolute Gasteiger partial charge is 0.463 e. The highest BCUT2D eigenvalue weighted by atomic mass is 16.7. The smallest absolute Gasteiger partial charge is 0.331 e. The molecule has 0 amide bonds. The molecule has 1 aromatic heterocycles. The molecular formula is C17H20N2O9. The molecule has 0 saturated carbocycles. The molecule has 11 heteroatoms. The molecule has 2 aliphatic heterocycles. The van der Waals surface area contributed by atoms with E-state index in [0.717, 1.165) is 0 Å². The van der Waals surface area contributed by atoms with Crippen LogP contribution >= 0.6 is 0 Å². The standard InChI is InChI=1S/C17H20N2O9/c1-8(20)25-7-12-14(26-9(2)21)15(27-10(3)22)17(28-12)5-4-11-6-13(23)18-16(24)19(11)17/h6,12,14-15H,4-5,7H2,1-3H3,(H,18,23,24)/t12-,14-,15-,17-/m1/s1. The Hall–Kier alpha value is -2.95. The van der Waals surface area contributed by atoms with Crippen molar-refractivity contribution in [1.29, 1.82) is 0 Å². The molecule has 1 saturated heterocycles. The molecule has 28 heavy (non-hydrogen) atoms. The molecule has 3 rings (SSSR count). The van der Waals surface area contributed by atoms with Crippen LogP contribution in [0.15, 0.2) is 15.7 Å². The van der Waals surface area contributed by atoms with Crippen molar-refractivity contribution in [2.24, 2.45) is 0 Å². The number of carbonyl (C=O) groups excluding carboxylic acids is 3. The molecule has 0 aliphatic carbocycles. The number of H-pyrrole nitrogens is 1. The molecule has 4 atom stereocenters. The zero-order chi connectivity index (χ0) is 20.6. The molecule has 3 heterocycles. The molecule has 11 nitrogen and oxygen atoms in total. The summed E-state index contributed by atoms with van der Waals surface area (Å²) >= 11 is 0. The number of aromatic amines is 1. The first kappa shape index (κ1) is 19.8. The SMILES string of the molecule is CC(=O)OC[C@H]1O[C@]2(CCc3cc(=O)[nH]c(=O)n32)[C@H](OC(C)=O)[C@@H]1OC(C)=O. The van der Waals surface area contributed by atoms with E-state index in [1.807, 2.05) is 0 Å². The second-order valence-electron chi connectivity index (χ2n) is 6.67. The lowest BCUT2D eigenvalue weighted by molar-refractivity contribution is -0.180. The van der Waals surface area contributed by atoms with Gasteiger partial charge in [-0.2, -0.15) is 0 Å². The van der Waals surface area contributed by atoms with Crippen LogP contribution in [-0.2, 0) is 45.5 Å². The predicted octanol–water partition coefficient (Wildman–Crippen LogP) is -1.04. The predicted molar refractivity (Wildman–Crippen MR) is 90.2 cm³/mol. The fraction of sp³-hybridized carbons (Fsp3) is 0.588. The normalized spacial score (nSPS) is 28.0. The monoisotopic (exact) mass is 396 g/mol. The second kappa shape index (κ2) is 7.23. The molecule has 1 aromatic rings. The van der Waals surface area contributed by atoms with Crippen molar-refractivity contribution < 1.29 is 33.3 Å². The van der Waals surface area contributed by atoms with E-state index in [9.17, 15) is 24.0 Å². The molecule has 0 aromatic carbocycles. The van der Waals surface area contributed by atoms with E-state index < -0.39 is 53.2 Å². The first-order valence-electron chi connectivity index (χ1n) is 8.65. The first-order valence-corrected chi connectivity index (χ1v) is 8.65. The van der Waals surface area contributed by atoms with Crippen LogP contribution in [0.5, 0.6) is 0 Å². The molecule has 2 aliphatic rings. The average Bonchev–Trinajstić information content (AvgIpc) is 3.06. The van der Waals surface area contributed by atoms with Crippen LogP contribution < -0.4 is 11.2 Å². The van der Waals surface area contributed by atoms with E-state index in [2.05, 4.69) is 4.98 Å². The van der Waals surface area contributed by atoms with Gasteiger partial charge < -0.3 is 18.9 Å². The van der Waals surface area contributed by atoms with Gasteiger partial charge in [0.25, 0.3) is 5.56 Å². The zero-order valence-electron chi connectivity index (χ0n) is 15.6. The number of nitrogens with zero attached hydrogens (tertiary/aromatic N) is 1. The maximum atomic E-state index is 12.5. The second-order valence-corrected chi connectivity index (χ2v) is 6.67. The highest BCUT2D eigenvalue weighted by molar-refractivity contribution is 5.68. The Labute approximate surface area is 158 Å². The Morgan fingerprint density at radius 3 is 2.46 bits per heavy atom. The van der Waals surface area contributed by atoms with Crippen molar-refractivity contribution in [2.75, 3.05) is 6.61 Å². The third kappa shape index (κ3) is 3.44. The number of hydrogen-bond acceptors (Lipinski definition) is 9. The topological polar surface area (TPSA) is 143 Å². The van der Waals surface area contributed by atoms with Gasteiger partial charge >= 0.3 is 23.6 Å². The minimum atomic E-state index is -1.51. The number of carbonyl (C=O) groups is 3. The Morgan fingerprint density at radius 2 is 1.86 bits per heavy atom. The summed E-state index contributed by atoms with van der Waals surface area (Å²) in [6.45, 7) is 3.27. The van der Waals surface area contributed by atoms with Gasteiger partial charge in [0.1, 0.15) is 12.7 Å². The third-order valence-corrected chi connectivity index (χ3v) is 4.65. The number of fused-ring (bicyclic) bond motifs is 2. The summed E-state index contributed by atoms with van der Waals surface area (Å²) in [5, 5.41) is 0. The molecular weight excluding hydrogens is 376 g/mol. The van der Waals surface area contributed by atoms with Gasteiger partial charge in [0, 0.05) is 39.0 Å². The number of ether oxygens (including phenoxy) is 4. The minimum absolute atomic E-state index is 0.186. The number of esters is 3. The highest BCUT2D eigenvalue weighted by Crippen LogP contribution is 2.45. The van der Waals surface area contributed by atoms with E-state index in [0.29, 0.717) is 12.1 Å². The Bertz CT molecular complexity index is 933. The van der Waals surface area contributed by atoms with E-state index in [4.69, 9.17) is 18.9 Å². The lowest BCUT2D eigenvalue weighted by Crippen LogP contribution is -2.51. The van der Waals surface area contributed by atoms with Gasteiger partial charge in [0.15, 0.2) is 17.9 Å². The number of hydrogen-bond donors (Lipinski definition) is 1. The minimum Gasteiger partial charge on any atom is -0.463 e. The fourth-order valence-electron chi connectivity index (χ4n) is 3.79. The van der Waals surface area contributed by atoms with Crippen LogP contribution in [0.1, 0.15) is 32.9 Å². The zero-order valence-corrected chi connectivity index (χ0v) is 15.6. The number of rotatable bonds is 4. The summed E-state index contributed by atoms with van der Waals surface area (Å²) in [6.07, 6.45) is -2.80. The van der Waals surface area contributed by atoms with Crippen molar-refractivity contribution in [3.05, 3.63) is 32.6 Å². The number of nitrogens with one attached hydrogen (secondary N) is 1. The van der Waals surface area contributed by atoms with E-state index in [1.54, 1.807) is 0 Å². The fourth-order valence-corrected chi connectivity index (χ4v) is 3.79. The van der Waals surface area contributed by atoms with Crippen LogP contribution in [0.3, 0.4) is 0 Å². The Kier molecular flexibility index (Phi) is 5.11. The number of aromatic nitrogens is 2. The molecule has 1 fully saturated rings. The summed E-state index contributed by atoms with van der Waals surface area (Å²) in [5.74, 6) is -1.92. The summed E-state index contributed by atoms with van der Waals surface area (Å²) in [6, 6.07) is 1.25. The lowest BCUT2D eigenvalue weighted by Gasteiger charge is -2.32. The van der Waals surface area contributed by atoms with Crippen LogP contribution in [0.4, 0.5) is 0 Å². The lowest BCUT2D eigenvalue weighted by atomic mass is 9.99.